The molecule has 96 valence electrons. The highest BCUT2D eigenvalue weighted by Crippen LogP contribution is 2.25. The Morgan fingerprint density at radius 1 is 1.18 bits per heavy atom. The van der Waals surface area contributed by atoms with Crippen LogP contribution in [0.3, 0.4) is 0 Å². The number of benzene rings is 1. The quantitative estimate of drug-likeness (QED) is 0.820. The van der Waals surface area contributed by atoms with Crippen LogP contribution in [0.15, 0.2) is 24.3 Å². The fourth-order valence-electron chi connectivity index (χ4n) is 1.28. The van der Waals surface area contributed by atoms with Gasteiger partial charge in [0.1, 0.15) is 5.75 Å². The Labute approximate surface area is 101 Å². The Hall–Kier alpha value is -1.32. The maximum absolute atomic E-state index is 12.5. The molecular formula is C13H19F2NO. The molecule has 1 aromatic carbocycles. The van der Waals surface area contributed by atoms with Crippen molar-refractivity contribution in [1.29, 1.82) is 0 Å². The van der Waals surface area contributed by atoms with E-state index in [1.165, 1.54) is 6.92 Å². The first-order valence-electron chi connectivity index (χ1n) is 5.77. The Morgan fingerprint density at radius 2 is 1.82 bits per heavy atom. The van der Waals surface area contributed by atoms with E-state index in [1.54, 1.807) is 18.2 Å². The minimum Gasteiger partial charge on any atom is -0.491 e. The summed E-state index contributed by atoms with van der Waals surface area (Å²) >= 11 is 0. The molecule has 4 heteroatoms. The number of rotatable bonds is 6. The van der Waals surface area contributed by atoms with Gasteiger partial charge in [0.05, 0.1) is 18.3 Å². The second-order valence-electron chi connectivity index (χ2n) is 4.47. The first-order valence-corrected chi connectivity index (χ1v) is 5.77. The van der Waals surface area contributed by atoms with Crippen LogP contribution >= 0.6 is 0 Å². The number of halogens is 2. The smallest absolute Gasteiger partial charge is 0.258 e. The van der Waals surface area contributed by atoms with Crippen molar-refractivity contribution in [3.63, 3.8) is 0 Å². The second-order valence-corrected chi connectivity index (χ2v) is 4.47. The van der Waals surface area contributed by atoms with Gasteiger partial charge in [0, 0.05) is 0 Å². The Kier molecular flexibility index (Phi) is 5.19. The Balaban J connectivity index is 2.70. The molecule has 1 N–H and O–H groups in total. The molecule has 1 unspecified atom stereocenters. The van der Waals surface area contributed by atoms with Crippen LogP contribution in [0.25, 0.3) is 0 Å². The van der Waals surface area contributed by atoms with Crippen molar-refractivity contribution in [1.82, 2.24) is 0 Å². The summed E-state index contributed by atoms with van der Waals surface area (Å²) in [6.07, 6.45) is -2.40. The van der Waals surface area contributed by atoms with Gasteiger partial charge in [-0.15, -0.1) is 0 Å². The molecule has 0 bridgehead atoms. The topological polar surface area (TPSA) is 21.3 Å². The Morgan fingerprint density at radius 3 is 2.41 bits per heavy atom. The highest BCUT2D eigenvalue weighted by atomic mass is 19.3. The summed E-state index contributed by atoms with van der Waals surface area (Å²) in [5.74, 6) is 1.02. The van der Waals surface area contributed by atoms with Gasteiger partial charge in [0.2, 0.25) is 0 Å². The highest BCUT2D eigenvalue weighted by Gasteiger charge is 2.15. The maximum atomic E-state index is 12.5. The first kappa shape index (κ1) is 13.7. The van der Waals surface area contributed by atoms with E-state index in [0.717, 1.165) is 0 Å². The van der Waals surface area contributed by atoms with Crippen LogP contribution in [0.4, 0.5) is 14.5 Å². The highest BCUT2D eigenvalue weighted by molar-refractivity contribution is 5.56. The number of alkyl halides is 2. The number of nitrogens with one attached hydrogen (secondary N) is 1. The third kappa shape index (κ3) is 4.59. The monoisotopic (exact) mass is 243 g/mol. The normalized spacial score (nSPS) is 12.9. The standard InChI is InChI=1S/C13H19F2NO/c1-9(2)8-17-12-7-5-4-6-11(12)16-10(3)13(14)15/h4-7,9-10,13,16H,8H2,1-3H3. The van der Waals surface area contributed by atoms with Crippen molar-refractivity contribution in [3.8, 4) is 5.75 Å². The summed E-state index contributed by atoms with van der Waals surface area (Å²) in [5, 5.41) is 2.76. The lowest BCUT2D eigenvalue weighted by Crippen LogP contribution is -2.24. The molecular weight excluding hydrogens is 224 g/mol. The van der Waals surface area contributed by atoms with E-state index in [0.29, 0.717) is 24.0 Å². The molecule has 0 saturated carbocycles. The summed E-state index contributed by atoms with van der Waals surface area (Å²) in [6, 6.07) is 6.26. The molecule has 0 aliphatic carbocycles. The molecule has 0 aliphatic rings. The molecule has 0 aliphatic heterocycles. The van der Waals surface area contributed by atoms with Crippen LogP contribution in [0.5, 0.6) is 5.75 Å². The number of hydrogen-bond donors (Lipinski definition) is 1. The minimum atomic E-state index is -2.40. The van der Waals surface area contributed by atoms with E-state index < -0.39 is 12.5 Å². The predicted molar refractivity (Wildman–Crippen MR) is 65.9 cm³/mol. The predicted octanol–water partition coefficient (Wildman–Crippen LogP) is 3.79. The fraction of sp³-hybridized carbons (Fsp3) is 0.538. The van der Waals surface area contributed by atoms with Crippen molar-refractivity contribution in [2.75, 3.05) is 11.9 Å². The van der Waals surface area contributed by atoms with Crippen molar-refractivity contribution in [3.05, 3.63) is 24.3 Å². The molecule has 0 aromatic heterocycles. The minimum absolute atomic E-state index is 0.399. The van der Waals surface area contributed by atoms with Crippen LogP contribution in [-0.2, 0) is 0 Å². The summed E-state index contributed by atoms with van der Waals surface area (Å²) in [7, 11) is 0. The first-order chi connectivity index (χ1) is 8.00. The van der Waals surface area contributed by atoms with Gasteiger partial charge in [0.25, 0.3) is 6.43 Å². The molecule has 0 amide bonds. The molecule has 1 atom stereocenters. The van der Waals surface area contributed by atoms with E-state index in [1.807, 2.05) is 19.9 Å². The van der Waals surface area contributed by atoms with E-state index in [4.69, 9.17) is 4.74 Å². The summed E-state index contributed by atoms with van der Waals surface area (Å²) < 4.78 is 30.5. The van der Waals surface area contributed by atoms with Gasteiger partial charge >= 0.3 is 0 Å². The van der Waals surface area contributed by atoms with Crippen LogP contribution in [0.1, 0.15) is 20.8 Å². The zero-order chi connectivity index (χ0) is 12.8. The molecule has 0 heterocycles. The van der Waals surface area contributed by atoms with Gasteiger partial charge in [-0.05, 0) is 25.0 Å². The van der Waals surface area contributed by atoms with Gasteiger partial charge in [-0.1, -0.05) is 26.0 Å². The fourth-order valence-corrected chi connectivity index (χ4v) is 1.28. The van der Waals surface area contributed by atoms with Gasteiger partial charge in [-0.2, -0.15) is 0 Å². The lowest BCUT2D eigenvalue weighted by molar-refractivity contribution is 0.130. The molecule has 0 saturated heterocycles. The van der Waals surface area contributed by atoms with E-state index in [2.05, 4.69) is 5.32 Å². The van der Waals surface area contributed by atoms with E-state index >= 15 is 0 Å². The third-order valence-corrected chi connectivity index (χ3v) is 2.22. The third-order valence-electron chi connectivity index (χ3n) is 2.22. The number of hydrogen-bond acceptors (Lipinski definition) is 2. The number of para-hydroxylation sites is 2. The summed E-state index contributed by atoms with van der Waals surface area (Å²) in [5.41, 5.74) is 0.612. The summed E-state index contributed by atoms with van der Waals surface area (Å²) in [4.78, 5) is 0. The largest absolute Gasteiger partial charge is 0.491 e. The molecule has 2 nitrogen and oxygen atoms in total. The van der Waals surface area contributed by atoms with E-state index in [-0.39, 0.29) is 0 Å². The molecule has 0 spiro atoms. The molecule has 17 heavy (non-hydrogen) atoms. The average Bonchev–Trinajstić information content (AvgIpc) is 2.27. The van der Waals surface area contributed by atoms with Crippen LogP contribution < -0.4 is 10.1 Å². The van der Waals surface area contributed by atoms with Crippen LogP contribution in [0.2, 0.25) is 0 Å². The van der Waals surface area contributed by atoms with Gasteiger partial charge in [-0.25, -0.2) is 8.78 Å². The van der Waals surface area contributed by atoms with Gasteiger partial charge in [-0.3, -0.25) is 0 Å². The summed E-state index contributed by atoms with van der Waals surface area (Å²) in [6.45, 7) is 6.10. The molecule has 0 fully saturated rings. The number of anilines is 1. The number of ether oxygens (including phenoxy) is 1. The SMILES string of the molecule is CC(C)COc1ccccc1NC(C)C(F)F. The van der Waals surface area contributed by atoms with Gasteiger partial charge in [0.15, 0.2) is 0 Å². The lowest BCUT2D eigenvalue weighted by Gasteiger charge is -2.18. The van der Waals surface area contributed by atoms with E-state index in [9.17, 15) is 8.78 Å². The van der Waals surface area contributed by atoms with Crippen molar-refractivity contribution in [2.24, 2.45) is 5.92 Å². The molecule has 1 rings (SSSR count). The molecule has 0 radical (unpaired) electrons. The van der Waals surface area contributed by atoms with Crippen LogP contribution in [0, 0.1) is 5.92 Å². The van der Waals surface area contributed by atoms with Crippen molar-refractivity contribution < 1.29 is 13.5 Å². The second kappa shape index (κ2) is 6.42. The van der Waals surface area contributed by atoms with Crippen LogP contribution in [-0.4, -0.2) is 19.1 Å². The zero-order valence-electron chi connectivity index (χ0n) is 10.4. The van der Waals surface area contributed by atoms with Crippen molar-refractivity contribution in [2.45, 2.75) is 33.2 Å². The molecule has 1 aromatic rings. The lowest BCUT2D eigenvalue weighted by atomic mass is 10.2. The van der Waals surface area contributed by atoms with Crippen molar-refractivity contribution >= 4 is 5.69 Å². The Bertz CT molecular complexity index is 342. The zero-order valence-corrected chi connectivity index (χ0v) is 10.4. The van der Waals surface area contributed by atoms with Gasteiger partial charge < -0.3 is 10.1 Å². The maximum Gasteiger partial charge on any atom is 0.258 e. The average molecular weight is 243 g/mol.